The van der Waals surface area contributed by atoms with Gasteiger partial charge in [0.25, 0.3) is 0 Å². The number of ether oxygens (including phenoxy) is 1. The van der Waals surface area contributed by atoms with Crippen molar-refractivity contribution in [2.24, 2.45) is 0 Å². The molecule has 1 heterocycles. The van der Waals surface area contributed by atoms with Crippen molar-refractivity contribution in [2.45, 2.75) is 13.0 Å². The normalized spacial score (nSPS) is 13.4. The van der Waals surface area contributed by atoms with Gasteiger partial charge >= 0.3 is 0 Å². The van der Waals surface area contributed by atoms with Crippen LogP contribution in [0.1, 0.15) is 11.1 Å². The molecule has 0 spiro atoms. The number of fused-ring (bicyclic) bond motifs is 1. The van der Waals surface area contributed by atoms with E-state index in [1.807, 2.05) is 31.3 Å². The summed E-state index contributed by atoms with van der Waals surface area (Å²) in [5.41, 5.74) is 3.73. The summed E-state index contributed by atoms with van der Waals surface area (Å²) < 4.78 is 6.06. The highest BCUT2D eigenvalue weighted by Crippen LogP contribution is 2.34. The second kappa shape index (κ2) is 5.96. The predicted molar refractivity (Wildman–Crippen MR) is 87.7 cm³/mol. The molecule has 2 aromatic rings. The van der Waals surface area contributed by atoms with Crippen molar-refractivity contribution in [3.05, 3.63) is 52.5 Å². The molecule has 2 aromatic carbocycles. The van der Waals surface area contributed by atoms with E-state index in [2.05, 4.69) is 29.4 Å². The minimum absolute atomic E-state index is 0.686. The van der Waals surface area contributed by atoms with Gasteiger partial charge in [-0.05, 0) is 49.4 Å². The number of rotatable bonds is 4. The van der Waals surface area contributed by atoms with Gasteiger partial charge in [-0.2, -0.15) is 0 Å². The van der Waals surface area contributed by atoms with E-state index < -0.39 is 0 Å². The number of hydrogen-bond acceptors (Lipinski definition) is 3. The van der Waals surface area contributed by atoms with Crippen LogP contribution in [0.3, 0.4) is 0 Å². The summed E-state index contributed by atoms with van der Waals surface area (Å²) in [6.07, 6.45) is 1.07. The Balaban J connectivity index is 1.88. The molecule has 3 rings (SSSR count). The van der Waals surface area contributed by atoms with Crippen molar-refractivity contribution in [1.29, 1.82) is 0 Å². The lowest BCUT2D eigenvalue weighted by atomic mass is 10.1. The first-order valence-electron chi connectivity index (χ1n) is 7.12. The zero-order chi connectivity index (χ0) is 14.8. The van der Waals surface area contributed by atoms with Gasteiger partial charge in [0.15, 0.2) is 0 Å². The Labute approximate surface area is 130 Å². The fourth-order valence-electron chi connectivity index (χ4n) is 2.69. The predicted octanol–water partition coefficient (Wildman–Crippen LogP) is 3.84. The zero-order valence-corrected chi connectivity index (χ0v) is 13.1. The van der Waals surface area contributed by atoms with Crippen LogP contribution in [-0.2, 0) is 13.0 Å². The molecule has 1 N–H and O–H groups in total. The molecule has 0 atom stereocenters. The molecule has 0 aromatic heterocycles. The van der Waals surface area contributed by atoms with Crippen LogP contribution in [0.5, 0.6) is 11.5 Å². The van der Waals surface area contributed by atoms with Crippen molar-refractivity contribution in [2.75, 3.05) is 25.5 Å². The minimum atomic E-state index is 0.686. The van der Waals surface area contributed by atoms with Crippen LogP contribution in [0.15, 0.2) is 36.4 Å². The van der Waals surface area contributed by atoms with E-state index in [4.69, 9.17) is 16.3 Å². The quantitative estimate of drug-likeness (QED) is 0.928. The highest BCUT2D eigenvalue weighted by Gasteiger charge is 2.16. The molecule has 4 heteroatoms. The van der Waals surface area contributed by atoms with Gasteiger partial charge in [0.2, 0.25) is 0 Å². The van der Waals surface area contributed by atoms with Crippen molar-refractivity contribution < 1.29 is 4.74 Å². The number of nitrogens with one attached hydrogen (secondary N) is 1. The molecule has 0 fully saturated rings. The molecule has 110 valence electrons. The summed E-state index contributed by atoms with van der Waals surface area (Å²) in [5.74, 6) is 1.67. The molecule has 1 aliphatic rings. The molecular formula is C17H19ClN2O. The second-order valence-corrected chi connectivity index (χ2v) is 5.78. The first-order chi connectivity index (χ1) is 10.2. The fourth-order valence-corrected chi connectivity index (χ4v) is 2.86. The van der Waals surface area contributed by atoms with E-state index in [-0.39, 0.29) is 0 Å². The summed E-state index contributed by atoms with van der Waals surface area (Å²) in [4.78, 5) is 2.27. The van der Waals surface area contributed by atoms with Gasteiger partial charge in [-0.1, -0.05) is 17.7 Å². The number of hydrogen-bond donors (Lipinski definition) is 1. The van der Waals surface area contributed by atoms with Crippen LogP contribution < -0.4 is 15.0 Å². The van der Waals surface area contributed by atoms with Crippen LogP contribution in [0.2, 0.25) is 5.02 Å². The minimum Gasteiger partial charge on any atom is -0.457 e. The Morgan fingerprint density at radius 1 is 1.24 bits per heavy atom. The van der Waals surface area contributed by atoms with Crippen molar-refractivity contribution in [3.63, 3.8) is 0 Å². The summed E-state index contributed by atoms with van der Waals surface area (Å²) in [6.45, 7) is 1.82. The average Bonchev–Trinajstić information content (AvgIpc) is 2.83. The Morgan fingerprint density at radius 2 is 2.10 bits per heavy atom. The van der Waals surface area contributed by atoms with E-state index in [1.54, 1.807) is 0 Å². The molecule has 0 saturated heterocycles. The summed E-state index contributed by atoms with van der Waals surface area (Å²) in [7, 11) is 4.04. The molecule has 1 aliphatic heterocycles. The summed E-state index contributed by atoms with van der Waals surface area (Å²) in [5, 5.41) is 3.83. The number of halogens is 1. The third-order valence-electron chi connectivity index (χ3n) is 3.80. The monoisotopic (exact) mass is 302 g/mol. The van der Waals surface area contributed by atoms with Crippen LogP contribution in [0, 0.1) is 0 Å². The van der Waals surface area contributed by atoms with Crippen molar-refractivity contribution in [3.8, 4) is 11.5 Å². The number of likely N-dealkylation sites (N-methyl/N-ethyl adjacent to an activating group) is 1. The summed E-state index contributed by atoms with van der Waals surface area (Å²) >= 11 is 6.09. The smallest absolute Gasteiger partial charge is 0.133 e. The second-order valence-electron chi connectivity index (χ2n) is 5.35. The lowest BCUT2D eigenvalue weighted by Crippen LogP contribution is -2.12. The number of nitrogens with zero attached hydrogens (tertiary/aromatic N) is 1. The molecule has 0 amide bonds. The summed E-state index contributed by atoms with van der Waals surface area (Å²) in [6, 6.07) is 12.0. The van der Waals surface area contributed by atoms with Gasteiger partial charge in [-0.25, -0.2) is 0 Å². The van der Waals surface area contributed by atoms with E-state index in [1.165, 1.54) is 11.3 Å². The van der Waals surface area contributed by atoms with Crippen LogP contribution >= 0.6 is 11.6 Å². The van der Waals surface area contributed by atoms with Gasteiger partial charge in [-0.15, -0.1) is 0 Å². The molecule has 0 saturated carbocycles. The van der Waals surface area contributed by atoms with Crippen molar-refractivity contribution >= 4 is 17.3 Å². The van der Waals surface area contributed by atoms with Gasteiger partial charge in [0.05, 0.1) is 0 Å². The molecule has 0 aliphatic carbocycles. The maximum atomic E-state index is 6.09. The Morgan fingerprint density at radius 3 is 2.90 bits per heavy atom. The first-order valence-corrected chi connectivity index (χ1v) is 7.50. The van der Waals surface area contributed by atoms with Gasteiger partial charge < -0.3 is 15.0 Å². The average molecular weight is 303 g/mol. The van der Waals surface area contributed by atoms with E-state index in [9.17, 15) is 0 Å². The van der Waals surface area contributed by atoms with Gasteiger partial charge in [-0.3, -0.25) is 0 Å². The third kappa shape index (κ3) is 2.99. The SMILES string of the molecule is CNCc1ccc(Cl)cc1Oc1ccc2c(c1)CCN2C. The van der Waals surface area contributed by atoms with Gasteiger partial charge in [0.1, 0.15) is 11.5 Å². The molecule has 21 heavy (non-hydrogen) atoms. The number of anilines is 1. The van der Waals surface area contributed by atoms with Gasteiger partial charge in [0, 0.05) is 36.4 Å². The maximum Gasteiger partial charge on any atom is 0.133 e. The van der Waals surface area contributed by atoms with Crippen LogP contribution in [-0.4, -0.2) is 20.6 Å². The van der Waals surface area contributed by atoms with Crippen LogP contribution in [0.4, 0.5) is 5.69 Å². The van der Waals surface area contributed by atoms with Crippen molar-refractivity contribution in [1.82, 2.24) is 5.32 Å². The first kappa shape index (κ1) is 14.2. The molecule has 0 bridgehead atoms. The van der Waals surface area contributed by atoms with E-state index in [0.717, 1.165) is 36.6 Å². The molecule has 0 unspecified atom stereocenters. The standard InChI is InChI=1S/C17H19ClN2O/c1-19-11-13-3-4-14(18)10-17(13)21-15-5-6-16-12(9-15)7-8-20(16)2/h3-6,9-10,19H,7-8,11H2,1-2H3. The largest absolute Gasteiger partial charge is 0.457 e. The van der Waals surface area contributed by atoms with E-state index >= 15 is 0 Å². The Kier molecular flexibility index (Phi) is 4.04. The lowest BCUT2D eigenvalue weighted by molar-refractivity contribution is 0.474. The lowest BCUT2D eigenvalue weighted by Gasteiger charge is -2.14. The maximum absolute atomic E-state index is 6.09. The fraction of sp³-hybridized carbons (Fsp3) is 0.294. The Bertz CT molecular complexity index is 657. The van der Waals surface area contributed by atoms with E-state index in [0.29, 0.717) is 5.02 Å². The molecular weight excluding hydrogens is 284 g/mol. The third-order valence-corrected chi connectivity index (χ3v) is 4.04. The Hall–Kier alpha value is -1.71. The highest BCUT2D eigenvalue weighted by molar-refractivity contribution is 6.30. The molecule has 0 radical (unpaired) electrons. The van der Waals surface area contributed by atoms with Crippen LogP contribution in [0.25, 0.3) is 0 Å². The zero-order valence-electron chi connectivity index (χ0n) is 12.3. The topological polar surface area (TPSA) is 24.5 Å². The number of benzene rings is 2. The molecule has 3 nitrogen and oxygen atoms in total. The highest BCUT2D eigenvalue weighted by atomic mass is 35.5.